The van der Waals surface area contributed by atoms with Crippen LogP contribution in [0.2, 0.25) is 0 Å². The second-order valence-electron chi connectivity index (χ2n) is 3.18. The predicted molar refractivity (Wildman–Crippen MR) is 69.7 cm³/mol. The van der Waals surface area contributed by atoms with Crippen LogP contribution in [0.25, 0.3) is 10.8 Å². The summed E-state index contributed by atoms with van der Waals surface area (Å²) >= 11 is 7.26. The second-order valence-corrected chi connectivity index (χ2v) is 4.53. The fourth-order valence-corrected chi connectivity index (χ4v) is 2.39. The van der Waals surface area contributed by atoms with E-state index >= 15 is 0 Å². The van der Waals surface area contributed by atoms with E-state index in [0.717, 1.165) is 5.75 Å². The molecule has 0 aliphatic rings. The topological polar surface area (TPSA) is 0 Å². The molecule has 0 aliphatic heterocycles. The maximum Gasteiger partial charge on any atom is 0.0172 e. The van der Waals surface area contributed by atoms with Gasteiger partial charge in [0, 0.05) is 16.2 Å². The molecule has 0 aromatic heterocycles. The fourth-order valence-electron chi connectivity index (χ4n) is 1.44. The molecule has 0 aliphatic carbocycles. The first-order valence-corrected chi connectivity index (χ1v) is 6.19. The van der Waals surface area contributed by atoms with Gasteiger partial charge in [-0.05, 0) is 22.9 Å². The lowest BCUT2D eigenvalue weighted by atomic mass is 10.1. The molecule has 2 rings (SSSR count). The van der Waals surface area contributed by atoms with E-state index in [4.69, 9.17) is 11.6 Å². The summed E-state index contributed by atoms with van der Waals surface area (Å²) in [5, 5.41) is 2.58. The Morgan fingerprint density at radius 3 is 2.67 bits per heavy atom. The summed E-state index contributed by atoms with van der Waals surface area (Å²) in [7, 11) is 0. The fraction of sp³-hybridized carbons (Fsp3) is 0.0769. The van der Waals surface area contributed by atoms with Gasteiger partial charge in [-0.25, -0.2) is 0 Å². The first-order valence-electron chi connectivity index (χ1n) is 4.77. The third-order valence-electron chi connectivity index (χ3n) is 2.16. The molecule has 0 spiro atoms. The first kappa shape index (κ1) is 10.6. The smallest absolute Gasteiger partial charge is 0.0172 e. The summed E-state index contributed by atoms with van der Waals surface area (Å²) in [4.78, 5) is 1.28. The summed E-state index contributed by atoms with van der Waals surface area (Å²) < 4.78 is 0. The van der Waals surface area contributed by atoms with Gasteiger partial charge in [0.2, 0.25) is 0 Å². The van der Waals surface area contributed by atoms with Gasteiger partial charge in [-0.1, -0.05) is 48.0 Å². The molecule has 2 aromatic rings. The van der Waals surface area contributed by atoms with Gasteiger partial charge in [-0.3, -0.25) is 0 Å². The van der Waals surface area contributed by atoms with Crippen LogP contribution in [-0.4, -0.2) is 5.75 Å². The Morgan fingerprint density at radius 1 is 1.07 bits per heavy atom. The van der Waals surface area contributed by atoms with Crippen molar-refractivity contribution in [3.8, 4) is 0 Å². The molecule has 0 saturated heterocycles. The van der Waals surface area contributed by atoms with Crippen LogP contribution in [0.3, 0.4) is 0 Å². The minimum atomic E-state index is 0.918. The van der Waals surface area contributed by atoms with Crippen molar-refractivity contribution in [3.63, 3.8) is 0 Å². The number of hydrogen-bond donors (Lipinski definition) is 0. The molecule has 0 radical (unpaired) electrons. The van der Waals surface area contributed by atoms with Crippen molar-refractivity contribution in [2.24, 2.45) is 0 Å². The van der Waals surface area contributed by atoms with Gasteiger partial charge in [-0.2, -0.15) is 0 Å². The molecular weight excluding hydrogens is 224 g/mol. The van der Waals surface area contributed by atoms with Crippen molar-refractivity contribution >= 4 is 34.1 Å². The van der Waals surface area contributed by atoms with Crippen molar-refractivity contribution in [1.82, 2.24) is 0 Å². The van der Waals surface area contributed by atoms with Gasteiger partial charge in [0.25, 0.3) is 0 Å². The highest BCUT2D eigenvalue weighted by Gasteiger charge is 1.95. The molecular formula is C13H11ClS. The van der Waals surface area contributed by atoms with E-state index in [9.17, 15) is 0 Å². The summed E-state index contributed by atoms with van der Waals surface area (Å²) in [5.74, 6) is 0.918. The zero-order chi connectivity index (χ0) is 10.5. The zero-order valence-corrected chi connectivity index (χ0v) is 9.76. The Bertz CT molecular complexity index is 477. The van der Waals surface area contributed by atoms with E-state index in [-0.39, 0.29) is 0 Å². The largest absolute Gasteiger partial charge is 0.122 e. The van der Waals surface area contributed by atoms with Crippen LogP contribution in [-0.2, 0) is 0 Å². The highest BCUT2D eigenvalue weighted by atomic mass is 35.5. The van der Waals surface area contributed by atoms with Crippen LogP contribution in [0.15, 0.2) is 59.0 Å². The Hall–Kier alpha value is -0.920. The van der Waals surface area contributed by atoms with Crippen molar-refractivity contribution in [3.05, 3.63) is 54.1 Å². The Balaban J connectivity index is 2.23. The Labute approximate surface area is 98.9 Å². The van der Waals surface area contributed by atoms with Crippen molar-refractivity contribution < 1.29 is 0 Å². The average molecular weight is 235 g/mol. The SMILES string of the molecule is ClC=CCSc1ccc2ccccc2c1. The molecule has 76 valence electrons. The van der Waals surface area contributed by atoms with Crippen LogP contribution < -0.4 is 0 Å². The minimum absolute atomic E-state index is 0.918. The monoisotopic (exact) mass is 234 g/mol. The van der Waals surface area contributed by atoms with Crippen LogP contribution >= 0.6 is 23.4 Å². The third kappa shape index (κ3) is 2.77. The number of fused-ring (bicyclic) bond motifs is 1. The first-order chi connectivity index (χ1) is 7.40. The van der Waals surface area contributed by atoms with E-state index in [1.807, 2.05) is 6.08 Å². The molecule has 0 saturated carbocycles. The third-order valence-corrected chi connectivity index (χ3v) is 3.28. The van der Waals surface area contributed by atoms with Gasteiger partial charge in [0.1, 0.15) is 0 Å². The lowest BCUT2D eigenvalue weighted by Crippen LogP contribution is -1.76. The van der Waals surface area contributed by atoms with Crippen LogP contribution in [0.1, 0.15) is 0 Å². The normalized spacial score (nSPS) is 11.3. The Kier molecular flexibility index (Phi) is 3.70. The number of rotatable bonds is 3. The molecule has 2 aromatic carbocycles. The number of thioether (sulfide) groups is 1. The molecule has 0 nitrogen and oxygen atoms in total. The molecule has 0 fully saturated rings. The van der Waals surface area contributed by atoms with Crippen molar-refractivity contribution in [2.45, 2.75) is 4.90 Å². The van der Waals surface area contributed by atoms with Crippen molar-refractivity contribution in [1.29, 1.82) is 0 Å². The van der Waals surface area contributed by atoms with Gasteiger partial charge in [0.15, 0.2) is 0 Å². The minimum Gasteiger partial charge on any atom is -0.122 e. The van der Waals surface area contributed by atoms with E-state index in [0.29, 0.717) is 0 Å². The van der Waals surface area contributed by atoms with Crippen LogP contribution in [0, 0.1) is 0 Å². The Morgan fingerprint density at radius 2 is 1.87 bits per heavy atom. The van der Waals surface area contributed by atoms with Gasteiger partial charge in [0.05, 0.1) is 0 Å². The lowest BCUT2D eigenvalue weighted by Gasteiger charge is -2.01. The molecule has 0 amide bonds. The standard InChI is InChI=1S/C13H11ClS/c14-8-3-9-15-13-7-6-11-4-1-2-5-12(11)10-13/h1-8,10H,9H2. The highest BCUT2D eigenvalue weighted by Crippen LogP contribution is 2.23. The molecule has 0 N–H and O–H groups in total. The summed E-state index contributed by atoms with van der Waals surface area (Å²) in [5.41, 5.74) is 1.56. The molecule has 0 bridgehead atoms. The lowest BCUT2D eigenvalue weighted by molar-refractivity contribution is 1.50. The molecule has 15 heavy (non-hydrogen) atoms. The van der Waals surface area contributed by atoms with Gasteiger partial charge < -0.3 is 0 Å². The molecule has 0 heterocycles. The van der Waals surface area contributed by atoms with Gasteiger partial charge >= 0.3 is 0 Å². The molecule has 2 heteroatoms. The second kappa shape index (κ2) is 5.24. The van der Waals surface area contributed by atoms with E-state index in [2.05, 4.69) is 42.5 Å². The van der Waals surface area contributed by atoms with Crippen LogP contribution in [0.5, 0.6) is 0 Å². The number of benzene rings is 2. The quantitative estimate of drug-likeness (QED) is 0.695. The molecule has 0 unspecified atom stereocenters. The summed E-state index contributed by atoms with van der Waals surface area (Å²) in [6.07, 6.45) is 1.95. The molecule has 0 atom stereocenters. The number of hydrogen-bond acceptors (Lipinski definition) is 1. The zero-order valence-electron chi connectivity index (χ0n) is 8.19. The maximum atomic E-state index is 5.47. The maximum absolute atomic E-state index is 5.47. The van der Waals surface area contributed by atoms with E-state index in [1.165, 1.54) is 15.7 Å². The van der Waals surface area contributed by atoms with Crippen molar-refractivity contribution in [2.75, 3.05) is 5.75 Å². The summed E-state index contributed by atoms with van der Waals surface area (Å²) in [6, 6.07) is 14.9. The van der Waals surface area contributed by atoms with Crippen LogP contribution in [0.4, 0.5) is 0 Å². The highest BCUT2D eigenvalue weighted by molar-refractivity contribution is 7.99. The average Bonchev–Trinajstić information content (AvgIpc) is 2.29. The van der Waals surface area contributed by atoms with E-state index in [1.54, 1.807) is 17.3 Å². The van der Waals surface area contributed by atoms with Gasteiger partial charge in [-0.15, -0.1) is 11.8 Å². The predicted octanol–water partition coefficient (Wildman–Crippen LogP) is 4.68. The van der Waals surface area contributed by atoms with E-state index < -0.39 is 0 Å². The summed E-state index contributed by atoms with van der Waals surface area (Å²) in [6.45, 7) is 0. The number of halogens is 1.